The van der Waals surface area contributed by atoms with Crippen molar-refractivity contribution in [2.75, 3.05) is 6.61 Å². The molecule has 0 aromatic carbocycles. The highest BCUT2D eigenvalue weighted by Gasteiger charge is 2.40. The topological polar surface area (TPSA) is 29.5 Å². The fraction of sp³-hybridized carbons (Fsp3) is 0.923. The Morgan fingerprint density at radius 2 is 1.94 bits per heavy atom. The Morgan fingerprint density at radius 1 is 1.31 bits per heavy atom. The lowest BCUT2D eigenvalue weighted by molar-refractivity contribution is 0.116. The second-order valence-electron chi connectivity index (χ2n) is 5.16. The van der Waals surface area contributed by atoms with E-state index in [9.17, 15) is 4.79 Å². The average Bonchev–Trinajstić information content (AvgIpc) is 2.62. The summed E-state index contributed by atoms with van der Waals surface area (Å²) in [7, 11) is 0. The van der Waals surface area contributed by atoms with E-state index in [0.717, 1.165) is 12.8 Å². The summed E-state index contributed by atoms with van der Waals surface area (Å²) in [6.45, 7) is 11.4. The van der Waals surface area contributed by atoms with Gasteiger partial charge in [0.05, 0.1) is 6.04 Å². The van der Waals surface area contributed by atoms with Crippen LogP contribution in [0.4, 0.5) is 4.79 Å². The molecule has 16 heavy (non-hydrogen) atoms. The molecule has 94 valence electrons. The fourth-order valence-electron chi connectivity index (χ4n) is 2.49. The van der Waals surface area contributed by atoms with Gasteiger partial charge in [0, 0.05) is 6.04 Å². The zero-order chi connectivity index (χ0) is 12.3. The summed E-state index contributed by atoms with van der Waals surface area (Å²) in [4.78, 5) is 13.8. The molecular formula is C13H25NO2. The summed E-state index contributed by atoms with van der Waals surface area (Å²) >= 11 is 0. The van der Waals surface area contributed by atoms with Crippen molar-refractivity contribution in [3.63, 3.8) is 0 Å². The molecule has 0 aromatic rings. The second kappa shape index (κ2) is 5.55. The third-order valence-electron chi connectivity index (χ3n) is 3.79. The summed E-state index contributed by atoms with van der Waals surface area (Å²) in [5, 5.41) is 0. The fourth-order valence-corrected chi connectivity index (χ4v) is 2.49. The molecule has 1 fully saturated rings. The van der Waals surface area contributed by atoms with Crippen LogP contribution in [0, 0.1) is 11.8 Å². The number of amides is 1. The van der Waals surface area contributed by atoms with E-state index >= 15 is 0 Å². The smallest absolute Gasteiger partial charge is 0.410 e. The van der Waals surface area contributed by atoms with Crippen LogP contribution < -0.4 is 0 Å². The molecule has 0 bridgehead atoms. The standard InChI is InChI=1S/C13H25NO2/c1-6-10(5)11(7-2)14-12(9(3)4)8-16-13(14)15/h9-12H,6-8H2,1-5H3. The van der Waals surface area contributed by atoms with Gasteiger partial charge in [-0.15, -0.1) is 0 Å². The molecule has 3 nitrogen and oxygen atoms in total. The van der Waals surface area contributed by atoms with Crippen molar-refractivity contribution < 1.29 is 9.53 Å². The number of hydrogen-bond donors (Lipinski definition) is 0. The van der Waals surface area contributed by atoms with Crippen molar-refractivity contribution >= 4 is 6.09 Å². The molecule has 1 amide bonds. The van der Waals surface area contributed by atoms with Crippen molar-refractivity contribution in [3.05, 3.63) is 0 Å². The number of cyclic esters (lactones) is 1. The number of carbonyl (C=O) groups excluding carboxylic acids is 1. The van der Waals surface area contributed by atoms with Crippen LogP contribution in [0.25, 0.3) is 0 Å². The van der Waals surface area contributed by atoms with E-state index in [1.54, 1.807) is 0 Å². The number of rotatable bonds is 5. The first-order valence-electron chi connectivity index (χ1n) is 6.47. The van der Waals surface area contributed by atoms with E-state index in [-0.39, 0.29) is 12.1 Å². The minimum atomic E-state index is -0.120. The van der Waals surface area contributed by atoms with Gasteiger partial charge in [0.2, 0.25) is 0 Å². The van der Waals surface area contributed by atoms with E-state index in [4.69, 9.17) is 4.74 Å². The first-order valence-corrected chi connectivity index (χ1v) is 6.47. The molecule has 1 rings (SSSR count). The van der Waals surface area contributed by atoms with E-state index in [2.05, 4.69) is 34.6 Å². The van der Waals surface area contributed by atoms with Crippen molar-refractivity contribution in [1.29, 1.82) is 0 Å². The number of nitrogens with zero attached hydrogens (tertiary/aromatic N) is 1. The van der Waals surface area contributed by atoms with E-state index in [1.807, 2.05) is 4.90 Å². The number of ether oxygens (including phenoxy) is 1. The lowest BCUT2D eigenvalue weighted by Crippen LogP contribution is -2.47. The predicted molar refractivity (Wildman–Crippen MR) is 65.3 cm³/mol. The van der Waals surface area contributed by atoms with E-state index in [0.29, 0.717) is 24.5 Å². The van der Waals surface area contributed by atoms with Crippen LogP contribution in [0.5, 0.6) is 0 Å². The van der Waals surface area contributed by atoms with Gasteiger partial charge in [-0.2, -0.15) is 0 Å². The van der Waals surface area contributed by atoms with Gasteiger partial charge in [0.15, 0.2) is 0 Å². The molecule has 0 aliphatic carbocycles. The summed E-state index contributed by atoms with van der Waals surface area (Å²) in [6.07, 6.45) is 1.99. The molecule has 0 radical (unpaired) electrons. The molecule has 3 unspecified atom stereocenters. The monoisotopic (exact) mass is 227 g/mol. The Balaban J connectivity index is 2.83. The third kappa shape index (κ3) is 2.50. The van der Waals surface area contributed by atoms with Crippen molar-refractivity contribution in [2.45, 2.75) is 59.5 Å². The lowest BCUT2D eigenvalue weighted by Gasteiger charge is -2.35. The Bertz CT molecular complexity index is 240. The highest BCUT2D eigenvalue weighted by Crippen LogP contribution is 2.28. The molecule has 1 saturated heterocycles. The Labute approximate surface area is 99.1 Å². The van der Waals surface area contributed by atoms with Gasteiger partial charge in [0.25, 0.3) is 0 Å². The van der Waals surface area contributed by atoms with Gasteiger partial charge in [-0.1, -0.05) is 41.0 Å². The zero-order valence-electron chi connectivity index (χ0n) is 11.2. The van der Waals surface area contributed by atoms with Crippen LogP contribution in [0.3, 0.4) is 0 Å². The summed E-state index contributed by atoms with van der Waals surface area (Å²) in [6, 6.07) is 0.582. The molecule has 1 aliphatic heterocycles. The molecule has 0 aromatic heterocycles. The van der Waals surface area contributed by atoms with Gasteiger partial charge < -0.3 is 4.74 Å². The first-order chi connectivity index (χ1) is 7.52. The number of carbonyl (C=O) groups is 1. The van der Waals surface area contributed by atoms with E-state index in [1.165, 1.54) is 0 Å². The Kier molecular flexibility index (Phi) is 4.63. The Morgan fingerprint density at radius 3 is 2.38 bits per heavy atom. The maximum absolute atomic E-state index is 11.8. The van der Waals surface area contributed by atoms with Gasteiger partial charge in [-0.25, -0.2) is 4.79 Å². The quantitative estimate of drug-likeness (QED) is 0.721. The molecule has 1 heterocycles. The Hall–Kier alpha value is -0.730. The van der Waals surface area contributed by atoms with E-state index < -0.39 is 0 Å². The molecular weight excluding hydrogens is 202 g/mol. The lowest BCUT2D eigenvalue weighted by atomic mass is 9.92. The van der Waals surface area contributed by atoms with Crippen LogP contribution in [0.15, 0.2) is 0 Å². The van der Waals surface area contributed by atoms with Crippen LogP contribution in [-0.2, 0) is 4.74 Å². The molecule has 0 saturated carbocycles. The minimum Gasteiger partial charge on any atom is -0.447 e. The first kappa shape index (κ1) is 13.3. The van der Waals surface area contributed by atoms with Crippen LogP contribution in [0.2, 0.25) is 0 Å². The molecule has 1 aliphatic rings. The van der Waals surface area contributed by atoms with Gasteiger partial charge >= 0.3 is 6.09 Å². The van der Waals surface area contributed by atoms with Gasteiger partial charge in [0.1, 0.15) is 6.61 Å². The van der Waals surface area contributed by atoms with Crippen molar-refractivity contribution in [3.8, 4) is 0 Å². The number of hydrogen-bond acceptors (Lipinski definition) is 2. The molecule has 0 N–H and O–H groups in total. The molecule has 3 atom stereocenters. The van der Waals surface area contributed by atoms with Crippen molar-refractivity contribution in [1.82, 2.24) is 4.90 Å². The normalized spacial score (nSPS) is 24.8. The maximum atomic E-state index is 11.8. The third-order valence-corrected chi connectivity index (χ3v) is 3.79. The average molecular weight is 227 g/mol. The van der Waals surface area contributed by atoms with Gasteiger partial charge in [-0.3, -0.25) is 4.90 Å². The summed E-state index contributed by atoms with van der Waals surface area (Å²) in [5.41, 5.74) is 0. The largest absolute Gasteiger partial charge is 0.447 e. The van der Waals surface area contributed by atoms with Crippen molar-refractivity contribution in [2.24, 2.45) is 11.8 Å². The van der Waals surface area contributed by atoms with Gasteiger partial charge in [-0.05, 0) is 18.3 Å². The highest BCUT2D eigenvalue weighted by molar-refractivity contribution is 5.70. The minimum absolute atomic E-state index is 0.120. The highest BCUT2D eigenvalue weighted by atomic mass is 16.6. The second-order valence-corrected chi connectivity index (χ2v) is 5.16. The molecule has 3 heteroatoms. The van der Waals surface area contributed by atoms with Crippen LogP contribution >= 0.6 is 0 Å². The van der Waals surface area contributed by atoms with Crippen LogP contribution in [0.1, 0.15) is 47.5 Å². The SMILES string of the molecule is CCC(C)C(CC)N1C(=O)OCC1C(C)C. The zero-order valence-corrected chi connectivity index (χ0v) is 11.2. The summed E-state index contributed by atoms with van der Waals surface area (Å²) in [5.74, 6) is 1.00. The molecule has 0 spiro atoms. The summed E-state index contributed by atoms with van der Waals surface area (Å²) < 4.78 is 5.20. The maximum Gasteiger partial charge on any atom is 0.410 e. The predicted octanol–water partition coefficient (Wildman–Crippen LogP) is 3.29. The van der Waals surface area contributed by atoms with Crippen LogP contribution in [-0.4, -0.2) is 29.7 Å².